The number of benzene rings is 2. The zero-order chi connectivity index (χ0) is 32.8. The van der Waals surface area contributed by atoms with Crippen LogP contribution >= 0.6 is 0 Å². The van der Waals surface area contributed by atoms with E-state index in [1.165, 1.54) is 6.20 Å². The number of nitrogens with zero attached hydrogens (tertiary/aromatic N) is 3. The van der Waals surface area contributed by atoms with Crippen LogP contribution < -0.4 is 16.7 Å². The van der Waals surface area contributed by atoms with Crippen LogP contribution in [0.2, 0.25) is 0 Å². The average molecular weight is 636 g/mol. The summed E-state index contributed by atoms with van der Waals surface area (Å²) in [5.74, 6) is -1.05. The number of rotatable bonds is 13. The van der Waals surface area contributed by atoms with Crippen molar-refractivity contribution >= 4 is 17.9 Å². The SMILES string of the molecule is CCOC1[C@@H](COC(=O)[C@@H](NC(=O)OCC2c3ccccc3-c3ccccc32)[C@@H](C)CC)O[C@@H](n2ncc(N)nc2=O)[C@H]1OCC. The zero-order valence-corrected chi connectivity index (χ0v) is 26.5. The van der Waals surface area contributed by atoms with Gasteiger partial charge in [-0.2, -0.15) is 14.8 Å². The minimum Gasteiger partial charge on any atom is -0.461 e. The molecule has 5 rings (SSSR count). The maximum absolute atomic E-state index is 13.4. The topological polar surface area (TPSA) is 166 Å². The predicted octanol–water partition coefficient (Wildman–Crippen LogP) is 3.42. The fourth-order valence-electron chi connectivity index (χ4n) is 6.03. The molecule has 0 saturated carbocycles. The molecule has 0 spiro atoms. The molecule has 1 saturated heterocycles. The van der Waals surface area contributed by atoms with Crippen LogP contribution in [0.5, 0.6) is 0 Å². The van der Waals surface area contributed by atoms with Gasteiger partial charge in [-0.25, -0.2) is 14.4 Å². The van der Waals surface area contributed by atoms with Gasteiger partial charge in [-0.1, -0.05) is 68.8 Å². The number of carbonyl (C=O) groups excluding carboxylic acids is 2. The second kappa shape index (κ2) is 14.8. The van der Waals surface area contributed by atoms with Crippen LogP contribution in [-0.2, 0) is 28.5 Å². The summed E-state index contributed by atoms with van der Waals surface area (Å²) in [6.07, 6.45) is -2.11. The van der Waals surface area contributed by atoms with Crippen LogP contribution in [0.3, 0.4) is 0 Å². The fourth-order valence-corrected chi connectivity index (χ4v) is 6.03. The predicted molar refractivity (Wildman–Crippen MR) is 168 cm³/mol. The Hall–Kier alpha value is -4.33. The summed E-state index contributed by atoms with van der Waals surface area (Å²) in [4.78, 5) is 42.8. The molecule has 2 heterocycles. The van der Waals surface area contributed by atoms with Crippen molar-refractivity contribution in [1.82, 2.24) is 20.1 Å². The molecule has 1 amide bonds. The van der Waals surface area contributed by atoms with E-state index < -0.39 is 48.3 Å². The van der Waals surface area contributed by atoms with Gasteiger partial charge in [0.1, 0.15) is 43.4 Å². The number of ether oxygens (including phenoxy) is 5. The number of anilines is 1. The first-order chi connectivity index (χ1) is 22.3. The summed E-state index contributed by atoms with van der Waals surface area (Å²) in [6.45, 7) is 7.88. The Bertz CT molecular complexity index is 1540. The molecule has 0 bridgehead atoms. The van der Waals surface area contributed by atoms with Crippen molar-refractivity contribution in [3.8, 4) is 11.1 Å². The molecule has 2 aliphatic rings. The van der Waals surface area contributed by atoms with E-state index in [4.69, 9.17) is 29.4 Å². The molecule has 13 heteroatoms. The minimum absolute atomic E-state index is 0.0287. The Morgan fingerprint density at radius 3 is 2.20 bits per heavy atom. The van der Waals surface area contributed by atoms with Gasteiger partial charge in [0.15, 0.2) is 6.23 Å². The number of amides is 1. The number of esters is 1. The molecule has 1 fully saturated rings. The average Bonchev–Trinajstić information content (AvgIpc) is 3.56. The van der Waals surface area contributed by atoms with Crippen molar-refractivity contribution in [1.29, 1.82) is 0 Å². The highest BCUT2D eigenvalue weighted by Crippen LogP contribution is 2.44. The lowest BCUT2D eigenvalue weighted by molar-refractivity contribution is -0.155. The number of nitrogens with two attached hydrogens (primary N) is 1. The van der Waals surface area contributed by atoms with Crippen molar-refractivity contribution in [2.45, 2.75) is 70.6 Å². The zero-order valence-electron chi connectivity index (χ0n) is 26.5. The highest BCUT2D eigenvalue weighted by atomic mass is 16.6. The van der Waals surface area contributed by atoms with Gasteiger partial charge < -0.3 is 34.7 Å². The number of aromatic nitrogens is 3. The number of nitrogens with one attached hydrogen (secondary N) is 1. The standard InChI is InChI=1S/C33H41N5O8/c1-5-19(4)27(37-33(41)45-17-24-22-14-10-8-12-20(22)21-13-9-11-15-23(21)24)31(39)44-18-25-28(42-6-2)29(43-7-3)30(46-25)38-32(40)36-26(34)16-35-38/h8-16,19,24-25,27-30H,5-7,17-18H2,1-4H3,(H,37,41)(H2,34,36,40)/t19-,25+,27-,28?,29-,30+/m0/s1. The molecular formula is C33H41N5O8. The summed E-state index contributed by atoms with van der Waals surface area (Å²) in [5.41, 5.74) is 9.31. The Kier molecular flexibility index (Phi) is 10.7. The van der Waals surface area contributed by atoms with Gasteiger partial charge in [0.05, 0.1) is 6.20 Å². The Morgan fingerprint density at radius 2 is 1.59 bits per heavy atom. The number of carbonyl (C=O) groups is 2. The molecule has 46 heavy (non-hydrogen) atoms. The third-order valence-corrected chi connectivity index (χ3v) is 8.45. The molecule has 1 unspecified atom stereocenters. The van der Waals surface area contributed by atoms with Crippen molar-refractivity contribution in [2.75, 3.05) is 32.2 Å². The first kappa shape index (κ1) is 33.0. The number of fused-ring (bicyclic) bond motifs is 3. The summed E-state index contributed by atoms with van der Waals surface area (Å²) >= 11 is 0. The number of alkyl carbamates (subject to hydrolysis) is 1. The van der Waals surface area contributed by atoms with E-state index in [2.05, 4.69) is 27.5 Å². The molecule has 246 valence electrons. The third kappa shape index (κ3) is 6.91. The van der Waals surface area contributed by atoms with Crippen LogP contribution in [0.1, 0.15) is 57.4 Å². The van der Waals surface area contributed by atoms with Gasteiger partial charge >= 0.3 is 17.8 Å². The van der Waals surface area contributed by atoms with Gasteiger partial charge in [-0.3, -0.25) is 0 Å². The maximum Gasteiger partial charge on any atom is 0.407 e. The van der Waals surface area contributed by atoms with Gasteiger partial charge in [-0.05, 0) is 42.0 Å². The highest BCUT2D eigenvalue weighted by Gasteiger charge is 2.49. The van der Waals surface area contributed by atoms with Crippen molar-refractivity contribution in [3.05, 3.63) is 76.3 Å². The Balaban J connectivity index is 1.24. The first-order valence-electron chi connectivity index (χ1n) is 15.6. The number of hydrogen-bond acceptors (Lipinski definition) is 11. The molecule has 3 aromatic rings. The minimum atomic E-state index is -0.995. The lowest BCUT2D eigenvalue weighted by Gasteiger charge is -2.25. The van der Waals surface area contributed by atoms with E-state index in [0.717, 1.165) is 26.9 Å². The molecular weight excluding hydrogens is 594 g/mol. The Morgan fingerprint density at radius 1 is 0.957 bits per heavy atom. The molecule has 1 aliphatic carbocycles. The van der Waals surface area contributed by atoms with E-state index in [1.54, 1.807) is 6.92 Å². The largest absolute Gasteiger partial charge is 0.461 e. The van der Waals surface area contributed by atoms with Crippen LogP contribution in [0.15, 0.2) is 59.5 Å². The second-order valence-electron chi connectivity index (χ2n) is 11.3. The quantitative estimate of drug-likeness (QED) is 0.264. The van der Waals surface area contributed by atoms with Crippen LogP contribution in [0.25, 0.3) is 11.1 Å². The first-order valence-corrected chi connectivity index (χ1v) is 15.6. The van der Waals surface area contributed by atoms with E-state index in [9.17, 15) is 14.4 Å². The molecule has 0 radical (unpaired) electrons. The van der Waals surface area contributed by atoms with E-state index in [-0.39, 0.29) is 30.9 Å². The van der Waals surface area contributed by atoms with Crippen molar-refractivity contribution in [3.63, 3.8) is 0 Å². The number of hydrogen-bond donors (Lipinski definition) is 2. The van der Waals surface area contributed by atoms with Gasteiger partial charge in [0.2, 0.25) is 0 Å². The lowest BCUT2D eigenvalue weighted by atomic mass is 9.98. The molecule has 1 aromatic heterocycles. The van der Waals surface area contributed by atoms with Crippen LogP contribution in [0.4, 0.5) is 10.6 Å². The van der Waals surface area contributed by atoms with Gasteiger partial charge in [0, 0.05) is 19.1 Å². The summed E-state index contributed by atoms with van der Waals surface area (Å²) in [6, 6.07) is 15.1. The van der Waals surface area contributed by atoms with Crippen LogP contribution in [-0.4, -0.2) is 77.6 Å². The molecule has 13 nitrogen and oxygen atoms in total. The van der Waals surface area contributed by atoms with Gasteiger partial charge in [0.25, 0.3) is 0 Å². The normalized spacial score (nSPS) is 21.7. The molecule has 1 aliphatic heterocycles. The maximum atomic E-state index is 13.4. The lowest BCUT2D eigenvalue weighted by Crippen LogP contribution is -2.47. The smallest absolute Gasteiger partial charge is 0.407 e. The van der Waals surface area contributed by atoms with Crippen molar-refractivity contribution < 1.29 is 33.3 Å². The van der Waals surface area contributed by atoms with E-state index >= 15 is 0 Å². The molecule has 2 aromatic carbocycles. The van der Waals surface area contributed by atoms with E-state index in [0.29, 0.717) is 19.6 Å². The number of nitrogen functional groups attached to an aromatic ring is 1. The molecule has 6 atom stereocenters. The van der Waals surface area contributed by atoms with Gasteiger partial charge in [-0.15, -0.1) is 0 Å². The van der Waals surface area contributed by atoms with Crippen LogP contribution in [0, 0.1) is 5.92 Å². The highest BCUT2D eigenvalue weighted by molar-refractivity contribution is 5.82. The van der Waals surface area contributed by atoms with E-state index in [1.807, 2.05) is 57.2 Å². The monoisotopic (exact) mass is 635 g/mol. The van der Waals surface area contributed by atoms with Crippen molar-refractivity contribution in [2.24, 2.45) is 5.92 Å². The fraction of sp³-hybridized carbons (Fsp3) is 0.485. The summed E-state index contributed by atoms with van der Waals surface area (Å²) in [5, 5.41) is 6.79. The summed E-state index contributed by atoms with van der Waals surface area (Å²) in [7, 11) is 0. The molecule has 3 N–H and O–H groups in total. The second-order valence-corrected chi connectivity index (χ2v) is 11.3. The Labute approximate surface area is 267 Å². The third-order valence-electron chi connectivity index (χ3n) is 8.45. The summed E-state index contributed by atoms with van der Waals surface area (Å²) < 4.78 is 30.4.